The molecule has 1 nitrogen and oxygen atoms in total. The Labute approximate surface area is 140 Å². The van der Waals surface area contributed by atoms with Gasteiger partial charge in [0, 0.05) is 5.88 Å². The lowest BCUT2D eigenvalue weighted by Crippen LogP contribution is -2.50. The second-order valence-electron chi connectivity index (χ2n) is 6.75. The third-order valence-electron chi connectivity index (χ3n) is 4.72. The summed E-state index contributed by atoms with van der Waals surface area (Å²) in [5, 5.41) is 0. The summed E-state index contributed by atoms with van der Waals surface area (Å²) in [7, 11) is 0. The standard InChI is InChI=1S/C19H41ClN/c1-4-7-10-13-18-21(16-9-6-3,17-12-8-5-2)19-14-11-15-20/h4-19H2,1-3H3/q+1. The van der Waals surface area contributed by atoms with Crippen LogP contribution in [0.1, 0.15) is 91.4 Å². The van der Waals surface area contributed by atoms with E-state index in [0.29, 0.717) is 0 Å². The largest absolute Gasteiger partial charge is 0.324 e. The maximum atomic E-state index is 5.90. The number of quaternary nitrogens is 1. The summed E-state index contributed by atoms with van der Waals surface area (Å²) in [6.07, 6.45) is 15.0. The number of hydrogen-bond donors (Lipinski definition) is 0. The number of halogens is 1. The van der Waals surface area contributed by atoms with E-state index >= 15 is 0 Å². The summed E-state index contributed by atoms with van der Waals surface area (Å²) in [6.45, 7) is 12.5. The van der Waals surface area contributed by atoms with Gasteiger partial charge in [0.2, 0.25) is 0 Å². The molecule has 0 saturated heterocycles. The Morgan fingerprint density at radius 2 is 0.952 bits per heavy atom. The Bertz CT molecular complexity index is 196. The second-order valence-corrected chi connectivity index (χ2v) is 7.13. The van der Waals surface area contributed by atoms with Gasteiger partial charge in [0.05, 0.1) is 26.2 Å². The van der Waals surface area contributed by atoms with Gasteiger partial charge >= 0.3 is 0 Å². The van der Waals surface area contributed by atoms with E-state index in [2.05, 4.69) is 20.8 Å². The molecule has 0 bridgehead atoms. The van der Waals surface area contributed by atoms with Crippen LogP contribution in [0.2, 0.25) is 0 Å². The van der Waals surface area contributed by atoms with Gasteiger partial charge in [-0.05, 0) is 44.9 Å². The van der Waals surface area contributed by atoms with Crippen LogP contribution in [-0.2, 0) is 0 Å². The minimum atomic E-state index is 0.832. The molecule has 1 atom stereocenters. The predicted octanol–water partition coefficient (Wildman–Crippen LogP) is 6.39. The lowest BCUT2D eigenvalue weighted by Gasteiger charge is -2.39. The van der Waals surface area contributed by atoms with Gasteiger partial charge in [-0.25, -0.2) is 0 Å². The van der Waals surface area contributed by atoms with E-state index in [-0.39, 0.29) is 0 Å². The van der Waals surface area contributed by atoms with Crippen molar-refractivity contribution in [1.82, 2.24) is 0 Å². The molecule has 0 amide bonds. The monoisotopic (exact) mass is 318 g/mol. The molecule has 0 fully saturated rings. The van der Waals surface area contributed by atoms with Gasteiger partial charge in [-0.2, -0.15) is 0 Å². The first-order valence-electron chi connectivity index (χ1n) is 9.65. The first-order chi connectivity index (χ1) is 10.2. The molecule has 0 saturated carbocycles. The number of unbranched alkanes of at least 4 members (excludes halogenated alkanes) is 7. The molecule has 0 aromatic rings. The predicted molar refractivity (Wildman–Crippen MR) is 98.3 cm³/mol. The normalized spacial score (nSPS) is 14.3. The molecule has 0 N–H and O–H groups in total. The molecule has 0 aromatic heterocycles. The average Bonchev–Trinajstić information content (AvgIpc) is 2.50. The van der Waals surface area contributed by atoms with Gasteiger partial charge in [0.15, 0.2) is 0 Å². The molecule has 0 radical (unpaired) electrons. The summed E-state index contributed by atoms with van der Waals surface area (Å²) < 4.78 is 1.38. The Morgan fingerprint density at radius 1 is 0.524 bits per heavy atom. The lowest BCUT2D eigenvalue weighted by atomic mass is 10.1. The zero-order valence-electron chi connectivity index (χ0n) is 15.1. The molecule has 1 unspecified atom stereocenters. The molecule has 0 spiro atoms. The minimum absolute atomic E-state index is 0.832. The zero-order chi connectivity index (χ0) is 15.8. The lowest BCUT2D eigenvalue weighted by molar-refractivity contribution is -0.929. The van der Waals surface area contributed by atoms with Crippen LogP contribution >= 0.6 is 11.6 Å². The molecule has 128 valence electrons. The van der Waals surface area contributed by atoms with Crippen LogP contribution in [0.3, 0.4) is 0 Å². The van der Waals surface area contributed by atoms with E-state index in [1.807, 2.05) is 0 Å². The van der Waals surface area contributed by atoms with Crippen molar-refractivity contribution < 1.29 is 4.48 Å². The minimum Gasteiger partial charge on any atom is -0.324 e. The van der Waals surface area contributed by atoms with Crippen molar-refractivity contribution in [2.24, 2.45) is 0 Å². The molecule has 0 heterocycles. The van der Waals surface area contributed by atoms with Crippen LogP contribution in [-0.4, -0.2) is 36.5 Å². The highest BCUT2D eigenvalue weighted by molar-refractivity contribution is 6.17. The topological polar surface area (TPSA) is 0 Å². The molecule has 0 rings (SSSR count). The zero-order valence-corrected chi connectivity index (χ0v) is 15.9. The molecule has 2 heteroatoms. The van der Waals surface area contributed by atoms with Crippen LogP contribution in [0.5, 0.6) is 0 Å². The van der Waals surface area contributed by atoms with E-state index in [0.717, 1.165) is 5.88 Å². The number of alkyl halides is 1. The van der Waals surface area contributed by atoms with Gasteiger partial charge in [-0.1, -0.05) is 46.5 Å². The highest BCUT2D eigenvalue weighted by atomic mass is 35.5. The maximum absolute atomic E-state index is 5.90. The molecule has 21 heavy (non-hydrogen) atoms. The Hall–Kier alpha value is 0.250. The number of hydrogen-bond acceptors (Lipinski definition) is 0. The van der Waals surface area contributed by atoms with E-state index in [4.69, 9.17) is 11.6 Å². The molecular formula is C19H41ClN+. The maximum Gasteiger partial charge on any atom is 0.0787 e. The average molecular weight is 319 g/mol. The fourth-order valence-electron chi connectivity index (χ4n) is 3.28. The molecule has 0 aromatic carbocycles. The van der Waals surface area contributed by atoms with Crippen molar-refractivity contribution in [2.45, 2.75) is 91.4 Å². The van der Waals surface area contributed by atoms with Crippen molar-refractivity contribution >= 4 is 11.6 Å². The van der Waals surface area contributed by atoms with Crippen molar-refractivity contribution in [2.75, 3.05) is 32.1 Å². The van der Waals surface area contributed by atoms with Gasteiger partial charge in [0.1, 0.15) is 0 Å². The highest BCUT2D eigenvalue weighted by Crippen LogP contribution is 2.18. The van der Waals surface area contributed by atoms with Crippen molar-refractivity contribution in [3.8, 4) is 0 Å². The first-order valence-corrected chi connectivity index (χ1v) is 10.2. The van der Waals surface area contributed by atoms with Crippen molar-refractivity contribution in [3.05, 3.63) is 0 Å². The van der Waals surface area contributed by atoms with Gasteiger partial charge in [-0.15, -0.1) is 11.6 Å². The molecule has 0 aliphatic carbocycles. The Kier molecular flexibility index (Phi) is 15.3. The van der Waals surface area contributed by atoms with Gasteiger partial charge < -0.3 is 4.48 Å². The number of rotatable bonds is 16. The Morgan fingerprint density at radius 3 is 1.48 bits per heavy atom. The smallest absolute Gasteiger partial charge is 0.0787 e. The summed E-state index contributed by atoms with van der Waals surface area (Å²) in [5.41, 5.74) is 0. The fraction of sp³-hybridized carbons (Fsp3) is 1.00. The van der Waals surface area contributed by atoms with Crippen LogP contribution in [0.4, 0.5) is 0 Å². The SMILES string of the molecule is CCCCCC[N+](CCCC)(CCCCC)CCCCCl. The van der Waals surface area contributed by atoms with Crippen LogP contribution in [0, 0.1) is 0 Å². The van der Waals surface area contributed by atoms with E-state index in [9.17, 15) is 0 Å². The quantitative estimate of drug-likeness (QED) is 0.176. The summed E-state index contributed by atoms with van der Waals surface area (Å²) >= 11 is 5.90. The van der Waals surface area contributed by atoms with E-state index in [1.165, 1.54) is 101 Å². The van der Waals surface area contributed by atoms with E-state index in [1.54, 1.807) is 0 Å². The van der Waals surface area contributed by atoms with Gasteiger partial charge in [0.25, 0.3) is 0 Å². The molecular weight excluding hydrogens is 278 g/mol. The highest BCUT2D eigenvalue weighted by Gasteiger charge is 2.25. The fourth-order valence-corrected chi connectivity index (χ4v) is 3.47. The number of nitrogens with zero attached hydrogens (tertiary/aromatic N) is 1. The summed E-state index contributed by atoms with van der Waals surface area (Å²) in [4.78, 5) is 0. The Balaban J connectivity index is 4.48. The second kappa shape index (κ2) is 15.2. The van der Waals surface area contributed by atoms with Gasteiger partial charge in [-0.3, -0.25) is 0 Å². The van der Waals surface area contributed by atoms with Crippen molar-refractivity contribution in [1.29, 1.82) is 0 Å². The summed E-state index contributed by atoms with van der Waals surface area (Å²) in [6, 6.07) is 0. The van der Waals surface area contributed by atoms with Crippen LogP contribution < -0.4 is 0 Å². The van der Waals surface area contributed by atoms with Crippen LogP contribution in [0.15, 0.2) is 0 Å². The molecule has 0 aliphatic rings. The van der Waals surface area contributed by atoms with Crippen molar-refractivity contribution in [3.63, 3.8) is 0 Å². The van der Waals surface area contributed by atoms with E-state index < -0.39 is 0 Å². The third-order valence-corrected chi connectivity index (χ3v) is 4.99. The van der Waals surface area contributed by atoms with Crippen LogP contribution in [0.25, 0.3) is 0 Å². The first kappa shape index (κ1) is 21.2. The third kappa shape index (κ3) is 11.5. The summed E-state index contributed by atoms with van der Waals surface area (Å²) in [5.74, 6) is 0.832. The molecule has 0 aliphatic heterocycles.